The van der Waals surface area contributed by atoms with Gasteiger partial charge in [-0.2, -0.15) is 0 Å². The summed E-state index contributed by atoms with van der Waals surface area (Å²) in [5, 5.41) is 6.57. The lowest BCUT2D eigenvalue weighted by atomic mass is 9.93. The number of hydrogen-bond donors (Lipinski definition) is 0. The van der Waals surface area contributed by atoms with Crippen molar-refractivity contribution in [1.29, 1.82) is 0 Å². The Kier molecular flexibility index (Phi) is 9.01. The molecule has 0 atom stereocenters. The average molecular weight is 818 g/mol. The van der Waals surface area contributed by atoms with E-state index in [2.05, 4.69) is 137 Å². The van der Waals surface area contributed by atoms with Gasteiger partial charge in [-0.05, 0) is 86.6 Å². The zero-order chi connectivity index (χ0) is 42.4. The monoisotopic (exact) mass is 817 g/mol. The molecule has 0 unspecified atom stereocenters. The maximum Gasteiger partial charge on any atom is 0.165 e. The Morgan fingerprint density at radius 3 is 1.09 bits per heavy atom. The number of rotatable bonds is 7. The SMILES string of the molecule is c1ccc2ncc(-c3nc(-c4cc(-c5ccc(-c6cncc7ccccc67)cc5)cc(-c5ccc(-c6cncc7ccccc67)cc5)c4)nc(-c4cnc5ccccc5c4)n3)cc2c1. The molecule has 0 aliphatic carbocycles. The van der Waals surface area contributed by atoms with Crippen molar-refractivity contribution in [3.63, 3.8) is 0 Å². The Bertz CT molecular complexity index is 3490. The molecule has 0 saturated heterocycles. The first-order valence-electron chi connectivity index (χ1n) is 21.2. The molecule has 0 aliphatic rings. The van der Waals surface area contributed by atoms with E-state index in [0.717, 1.165) is 93.8 Å². The van der Waals surface area contributed by atoms with Crippen LogP contribution in [0.5, 0.6) is 0 Å². The minimum Gasteiger partial charge on any atom is -0.263 e. The summed E-state index contributed by atoms with van der Waals surface area (Å²) in [5.41, 5.74) is 12.8. The van der Waals surface area contributed by atoms with Crippen LogP contribution in [0.25, 0.3) is 122 Å². The van der Waals surface area contributed by atoms with Crippen LogP contribution < -0.4 is 0 Å². The van der Waals surface area contributed by atoms with Crippen molar-refractivity contribution in [2.75, 3.05) is 0 Å². The molecule has 0 bridgehead atoms. The van der Waals surface area contributed by atoms with Crippen LogP contribution in [0.2, 0.25) is 0 Å². The summed E-state index contributed by atoms with van der Waals surface area (Å²) < 4.78 is 0. The Labute approximate surface area is 368 Å². The number of nitrogens with zero attached hydrogens (tertiary/aromatic N) is 7. The highest BCUT2D eigenvalue weighted by Gasteiger charge is 2.17. The first-order chi connectivity index (χ1) is 31.7. The topological polar surface area (TPSA) is 90.2 Å². The van der Waals surface area contributed by atoms with E-state index in [0.29, 0.717) is 17.5 Å². The van der Waals surface area contributed by atoms with E-state index in [1.807, 2.05) is 85.7 Å². The highest BCUT2D eigenvalue weighted by atomic mass is 15.0. The molecule has 7 nitrogen and oxygen atoms in total. The van der Waals surface area contributed by atoms with Crippen LogP contribution in [0.15, 0.2) is 213 Å². The van der Waals surface area contributed by atoms with Crippen LogP contribution in [0.3, 0.4) is 0 Å². The smallest absolute Gasteiger partial charge is 0.165 e. The zero-order valence-electron chi connectivity index (χ0n) is 34.3. The van der Waals surface area contributed by atoms with Crippen LogP contribution in [-0.2, 0) is 0 Å². The molecule has 7 aromatic carbocycles. The van der Waals surface area contributed by atoms with Crippen molar-refractivity contribution < 1.29 is 0 Å². The van der Waals surface area contributed by atoms with Crippen LogP contribution >= 0.6 is 0 Å². The van der Waals surface area contributed by atoms with Gasteiger partial charge in [0, 0.05) is 86.5 Å². The largest absolute Gasteiger partial charge is 0.263 e. The van der Waals surface area contributed by atoms with Gasteiger partial charge < -0.3 is 0 Å². The number of aromatic nitrogens is 7. The molecule has 12 rings (SSSR count). The summed E-state index contributed by atoms with van der Waals surface area (Å²) in [7, 11) is 0. The lowest BCUT2D eigenvalue weighted by Gasteiger charge is -2.14. The van der Waals surface area contributed by atoms with E-state index < -0.39 is 0 Å². The van der Waals surface area contributed by atoms with E-state index in [-0.39, 0.29) is 0 Å². The van der Waals surface area contributed by atoms with E-state index in [1.54, 1.807) is 0 Å². The number of fused-ring (bicyclic) bond motifs is 4. The Hall–Kier alpha value is -8.81. The fraction of sp³-hybridized carbons (Fsp3) is 0. The Morgan fingerprint density at radius 2 is 0.625 bits per heavy atom. The molecule has 12 aromatic rings. The summed E-state index contributed by atoms with van der Waals surface area (Å²) in [6.07, 6.45) is 11.4. The van der Waals surface area contributed by atoms with Crippen molar-refractivity contribution >= 4 is 43.4 Å². The maximum atomic E-state index is 5.21. The van der Waals surface area contributed by atoms with Crippen molar-refractivity contribution in [3.05, 3.63) is 213 Å². The first-order valence-corrected chi connectivity index (χ1v) is 21.2. The quantitative estimate of drug-likeness (QED) is 0.158. The summed E-state index contributed by atoms with van der Waals surface area (Å²) in [6.45, 7) is 0. The van der Waals surface area contributed by atoms with Crippen LogP contribution in [0.4, 0.5) is 0 Å². The zero-order valence-corrected chi connectivity index (χ0v) is 34.3. The van der Waals surface area contributed by atoms with Crippen molar-refractivity contribution in [2.45, 2.75) is 0 Å². The molecule has 64 heavy (non-hydrogen) atoms. The third-order valence-electron chi connectivity index (χ3n) is 11.9. The molecule has 0 aliphatic heterocycles. The molecule has 5 aromatic heterocycles. The van der Waals surface area contributed by atoms with Crippen LogP contribution in [0, 0.1) is 0 Å². The van der Waals surface area contributed by atoms with Gasteiger partial charge in [-0.3, -0.25) is 19.9 Å². The molecule has 0 N–H and O–H groups in total. The van der Waals surface area contributed by atoms with Crippen molar-refractivity contribution in [3.8, 4) is 78.7 Å². The number of hydrogen-bond acceptors (Lipinski definition) is 7. The summed E-state index contributed by atoms with van der Waals surface area (Å²) in [5.74, 6) is 1.60. The van der Waals surface area contributed by atoms with Gasteiger partial charge in [0.2, 0.25) is 0 Å². The predicted molar refractivity (Wildman–Crippen MR) is 259 cm³/mol. The van der Waals surface area contributed by atoms with Crippen molar-refractivity contribution in [1.82, 2.24) is 34.9 Å². The molecular formula is C57H35N7. The van der Waals surface area contributed by atoms with E-state index in [1.165, 1.54) is 10.8 Å². The number of pyridine rings is 4. The molecular weight excluding hydrogens is 783 g/mol. The van der Waals surface area contributed by atoms with Crippen molar-refractivity contribution in [2.24, 2.45) is 0 Å². The maximum absolute atomic E-state index is 5.21. The van der Waals surface area contributed by atoms with Gasteiger partial charge in [0.1, 0.15) is 0 Å². The van der Waals surface area contributed by atoms with Gasteiger partial charge in [0.25, 0.3) is 0 Å². The molecule has 0 radical (unpaired) electrons. The molecule has 5 heterocycles. The Balaban J connectivity index is 1.02. The molecule has 298 valence electrons. The first kappa shape index (κ1) is 37.0. The van der Waals surface area contributed by atoms with Gasteiger partial charge in [0.05, 0.1) is 11.0 Å². The van der Waals surface area contributed by atoms with E-state index in [9.17, 15) is 0 Å². The fourth-order valence-corrected chi connectivity index (χ4v) is 8.62. The lowest BCUT2D eigenvalue weighted by Crippen LogP contribution is -2.01. The third-order valence-corrected chi connectivity index (χ3v) is 11.9. The molecule has 0 fully saturated rings. The minimum atomic E-state index is 0.527. The normalized spacial score (nSPS) is 11.4. The molecule has 7 heteroatoms. The van der Waals surface area contributed by atoms with Gasteiger partial charge in [-0.1, -0.05) is 133 Å². The standard InChI is InChI=1S/C57H35N7/c1-5-13-49-42(11-1)30-58-34-51(49)38-21-17-36(18-22-38)44-27-45(37-19-23-39(24-20-37)52-35-59-31-43-12-2-6-14-50(43)52)29-46(28-44)55-62-56(47-25-40-9-3-7-15-53(40)60-32-47)64-57(63-55)48-26-41-10-4-8-16-54(41)61-33-48/h1-35H. The van der Waals surface area contributed by atoms with Gasteiger partial charge in [-0.25, -0.2) is 15.0 Å². The molecule has 0 spiro atoms. The summed E-state index contributed by atoms with van der Waals surface area (Å²) in [4.78, 5) is 34.2. The minimum absolute atomic E-state index is 0.527. The summed E-state index contributed by atoms with van der Waals surface area (Å²) in [6, 6.07) is 61.1. The van der Waals surface area contributed by atoms with Crippen LogP contribution in [0.1, 0.15) is 0 Å². The van der Waals surface area contributed by atoms with E-state index in [4.69, 9.17) is 24.9 Å². The Morgan fingerprint density at radius 1 is 0.250 bits per heavy atom. The fourth-order valence-electron chi connectivity index (χ4n) is 8.62. The molecule has 0 amide bonds. The second-order valence-corrected chi connectivity index (χ2v) is 15.9. The van der Waals surface area contributed by atoms with Crippen LogP contribution in [-0.4, -0.2) is 34.9 Å². The average Bonchev–Trinajstić information content (AvgIpc) is 3.38. The highest BCUT2D eigenvalue weighted by Crippen LogP contribution is 2.37. The molecule has 0 saturated carbocycles. The number of benzene rings is 7. The van der Waals surface area contributed by atoms with Gasteiger partial charge in [0.15, 0.2) is 17.5 Å². The summed E-state index contributed by atoms with van der Waals surface area (Å²) >= 11 is 0. The lowest BCUT2D eigenvalue weighted by molar-refractivity contribution is 1.07. The predicted octanol–water partition coefficient (Wildman–Crippen LogP) is 13.7. The highest BCUT2D eigenvalue weighted by molar-refractivity contribution is 5.97. The third kappa shape index (κ3) is 6.87. The van der Waals surface area contributed by atoms with Gasteiger partial charge >= 0.3 is 0 Å². The second-order valence-electron chi connectivity index (χ2n) is 15.9. The number of para-hydroxylation sites is 2. The van der Waals surface area contributed by atoms with E-state index >= 15 is 0 Å². The second kappa shape index (κ2) is 15.6. The van der Waals surface area contributed by atoms with Gasteiger partial charge in [-0.15, -0.1) is 0 Å².